The standard InChI is InChI=1S/C26H32N2O3/c1-5-6-20(2)31-25-15-16-27-26(17-25)28(18-21-7-11-23(29-3)12-8-21)19-22-9-13-24(30-4)14-10-22/h7-17,20H,5-6,18-19H2,1-4H3. The molecule has 1 atom stereocenters. The number of pyridine rings is 1. The first-order chi connectivity index (χ1) is 15.1. The second-order valence-electron chi connectivity index (χ2n) is 7.62. The lowest BCUT2D eigenvalue weighted by atomic mass is 10.1. The van der Waals surface area contributed by atoms with Gasteiger partial charge in [0.2, 0.25) is 0 Å². The van der Waals surface area contributed by atoms with Gasteiger partial charge < -0.3 is 19.1 Å². The Morgan fingerprint density at radius 3 is 1.84 bits per heavy atom. The number of anilines is 1. The van der Waals surface area contributed by atoms with E-state index in [-0.39, 0.29) is 6.10 Å². The van der Waals surface area contributed by atoms with E-state index in [1.807, 2.05) is 42.6 Å². The van der Waals surface area contributed by atoms with Crippen LogP contribution in [0, 0.1) is 0 Å². The smallest absolute Gasteiger partial charge is 0.132 e. The summed E-state index contributed by atoms with van der Waals surface area (Å²) in [5, 5.41) is 0. The minimum Gasteiger partial charge on any atom is -0.497 e. The predicted molar refractivity (Wildman–Crippen MR) is 125 cm³/mol. The Morgan fingerprint density at radius 1 is 0.806 bits per heavy atom. The molecule has 0 bridgehead atoms. The molecule has 1 heterocycles. The summed E-state index contributed by atoms with van der Waals surface area (Å²) in [7, 11) is 3.36. The highest BCUT2D eigenvalue weighted by Gasteiger charge is 2.13. The van der Waals surface area contributed by atoms with Gasteiger partial charge in [-0.15, -0.1) is 0 Å². The van der Waals surface area contributed by atoms with E-state index in [1.54, 1.807) is 14.2 Å². The van der Waals surface area contributed by atoms with Crippen molar-refractivity contribution in [1.29, 1.82) is 0 Å². The van der Waals surface area contributed by atoms with Gasteiger partial charge in [-0.2, -0.15) is 0 Å². The zero-order valence-corrected chi connectivity index (χ0v) is 18.9. The van der Waals surface area contributed by atoms with Crippen molar-refractivity contribution in [2.45, 2.75) is 45.9 Å². The predicted octanol–water partition coefficient (Wildman–Crippen LogP) is 5.87. The van der Waals surface area contributed by atoms with Crippen molar-refractivity contribution in [3.63, 3.8) is 0 Å². The van der Waals surface area contributed by atoms with Crippen molar-refractivity contribution in [1.82, 2.24) is 4.98 Å². The van der Waals surface area contributed by atoms with E-state index in [4.69, 9.17) is 14.2 Å². The van der Waals surface area contributed by atoms with E-state index in [9.17, 15) is 0 Å². The summed E-state index contributed by atoms with van der Waals surface area (Å²) in [5.74, 6) is 3.43. The van der Waals surface area contributed by atoms with Crippen LogP contribution in [0.15, 0.2) is 66.9 Å². The average Bonchev–Trinajstić information content (AvgIpc) is 2.80. The third kappa shape index (κ3) is 6.64. The van der Waals surface area contributed by atoms with Crippen molar-refractivity contribution in [2.75, 3.05) is 19.1 Å². The summed E-state index contributed by atoms with van der Waals surface area (Å²) in [6.07, 6.45) is 4.12. The van der Waals surface area contributed by atoms with E-state index in [0.29, 0.717) is 0 Å². The summed E-state index contributed by atoms with van der Waals surface area (Å²) in [6.45, 7) is 5.72. The number of methoxy groups -OCH3 is 2. The number of aromatic nitrogens is 1. The molecule has 5 heteroatoms. The third-order valence-corrected chi connectivity index (χ3v) is 5.14. The summed E-state index contributed by atoms with van der Waals surface area (Å²) in [4.78, 5) is 6.90. The molecule has 1 unspecified atom stereocenters. The fourth-order valence-electron chi connectivity index (χ4n) is 3.46. The fraction of sp³-hybridized carbons (Fsp3) is 0.346. The molecule has 1 aromatic heterocycles. The molecule has 0 aliphatic rings. The van der Waals surface area contributed by atoms with E-state index < -0.39 is 0 Å². The first-order valence-corrected chi connectivity index (χ1v) is 10.7. The van der Waals surface area contributed by atoms with Crippen LogP contribution in [-0.4, -0.2) is 25.3 Å². The van der Waals surface area contributed by atoms with E-state index >= 15 is 0 Å². The van der Waals surface area contributed by atoms with Crippen LogP contribution in [0.2, 0.25) is 0 Å². The molecular formula is C26H32N2O3. The Kier molecular flexibility index (Phi) is 8.16. The number of hydrogen-bond acceptors (Lipinski definition) is 5. The van der Waals surface area contributed by atoms with E-state index in [0.717, 1.165) is 49.0 Å². The van der Waals surface area contributed by atoms with Gasteiger partial charge in [-0.1, -0.05) is 37.6 Å². The van der Waals surface area contributed by atoms with Crippen LogP contribution in [0.3, 0.4) is 0 Å². The molecule has 0 aliphatic heterocycles. The zero-order valence-electron chi connectivity index (χ0n) is 18.9. The number of benzene rings is 2. The SMILES string of the molecule is CCCC(C)Oc1ccnc(N(Cc2ccc(OC)cc2)Cc2ccc(OC)cc2)c1. The van der Waals surface area contributed by atoms with Crippen LogP contribution in [0.4, 0.5) is 5.82 Å². The molecule has 0 saturated heterocycles. The first kappa shape index (κ1) is 22.5. The lowest BCUT2D eigenvalue weighted by Crippen LogP contribution is -2.23. The van der Waals surface area contributed by atoms with Gasteiger partial charge in [0.1, 0.15) is 23.1 Å². The Balaban J connectivity index is 1.84. The molecule has 0 radical (unpaired) electrons. The quantitative estimate of drug-likeness (QED) is 0.388. The van der Waals surface area contributed by atoms with Crippen molar-refractivity contribution in [3.8, 4) is 17.2 Å². The Bertz CT molecular complexity index is 877. The lowest BCUT2D eigenvalue weighted by molar-refractivity contribution is 0.210. The molecule has 0 aliphatic carbocycles. The monoisotopic (exact) mass is 420 g/mol. The summed E-state index contributed by atoms with van der Waals surface area (Å²) in [5.41, 5.74) is 2.36. The molecule has 2 aromatic carbocycles. The van der Waals surface area contributed by atoms with Crippen LogP contribution >= 0.6 is 0 Å². The Labute approximate surface area is 185 Å². The molecule has 0 N–H and O–H groups in total. The van der Waals surface area contributed by atoms with Gasteiger partial charge in [0.15, 0.2) is 0 Å². The van der Waals surface area contributed by atoms with Crippen LogP contribution < -0.4 is 19.1 Å². The molecule has 164 valence electrons. The first-order valence-electron chi connectivity index (χ1n) is 10.7. The van der Waals surface area contributed by atoms with E-state index in [2.05, 4.69) is 48.0 Å². The molecule has 0 amide bonds. The highest BCUT2D eigenvalue weighted by molar-refractivity contribution is 5.46. The minimum absolute atomic E-state index is 0.178. The van der Waals surface area contributed by atoms with Crippen molar-refractivity contribution in [2.24, 2.45) is 0 Å². The van der Waals surface area contributed by atoms with Gasteiger partial charge in [-0.05, 0) is 54.8 Å². The number of hydrogen-bond donors (Lipinski definition) is 0. The number of ether oxygens (including phenoxy) is 3. The van der Waals surface area contributed by atoms with Gasteiger partial charge in [-0.3, -0.25) is 0 Å². The van der Waals surface area contributed by atoms with Crippen molar-refractivity contribution >= 4 is 5.82 Å². The molecule has 5 nitrogen and oxygen atoms in total. The summed E-state index contributed by atoms with van der Waals surface area (Å²) >= 11 is 0. The van der Waals surface area contributed by atoms with Crippen LogP contribution in [0.25, 0.3) is 0 Å². The molecule has 3 aromatic rings. The molecule has 0 saturated carbocycles. The highest BCUT2D eigenvalue weighted by Crippen LogP contribution is 2.25. The van der Waals surface area contributed by atoms with Crippen LogP contribution in [0.1, 0.15) is 37.8 Å². The molecule has 31 heavy (non-hydrogen) atoms. The maximum atomic E-state index is 6.11. The summed E-state index contributed by atoms with van der Waals surface area (Å²) < 4.78 is 16.7. The maximum absolute atomic E-state index is 6.11. The molecule has 0 fully saturated rings. The number of rotatable bonds is 11. The van der Waals surface area contributed by atoms with E-state index in [1.165, 1.54) is 11.1 Å². The second kappa shape index (κ2) is 11.3. The second-order valence-corrected chi connectivity index (χ2v) is 7.62. The zero-order chi connectivity index (χ0) is 22.1. The fourth-order valence-corrected chi connectivity index (χ4v) is 3.46. The number of nitrogens with zero attached hydrogens (tertiary/aromatic N) is 2. The van der Waals surface area contributed by atoms with Gasteiger partial charge >= 0.3 is 0 Å². The Morgan fingerprint density at radius 2 is 1.35 bits per heavy atom. The third-order valence-electron chi connectivity index (χ3n) is 5.14. The van der Waals surface area contributed by atoms with Gasteiger partial charge in [-0.25, -0.2) is 4.98 Å². The molecule has 3 rings (SSSR count). The van der Waals surface area contributed by atoms with Crippen molar-refractivity contribution < 1.29 is 14.2 Å². The normalized spacial score (nSPS) is 11.6. The highest BCUT2D eigenvalue weighted by atomic mass is 16.5. The molecular weight excluding hydrogens is 388 g/mol. The van der Waals surface area contributed by atoms with Gasteiger partial charge in [0.25, 0.3) is 0 Å². The van der Waals surface area contributed by atoms with Gasteiger partial charge in [0.05, 0.1) is 20.3 Å². The topological polar surface area (TPSA) is 43.8 Å². The van der Waals surface area contributed by atoms with Crippen LogP contribution in [-0.2, 0) is 13.1 Å². The Hall–Kier alpha value is -3.21. The van der Waals surface area contributed by atoms with Gasteiger partial charge in [0, 0.05) is 25.4 Å². The average molecular weight is 421 g/mol. The lowest BCUT2D eigenvalue weighted by Gasteiger charge is -2.25. The van der Waals surface area contributed by atoms with Crippen molar-refractivity contribution in [3.05, 3.63) is 78.0 Å². The summed E-state index contributed by atoms with van der Waals surface area (Å²) in [6, 6.07) is 20.2. The largest absolute Gasteiger partial charge is 0.497 e. The van der Waals surface area contributed by atoms with Crippen LogP contribution in [0.5, 0.6) is 17.2 Å². The maximum Gasteiger partial charge on any atom is 0.132 e. The molecule has 0 spiro atoms. The minimum atomic E-state index is 0.178.